The summed E-state index contributed by atoms with van der Waals surface area (Å²) in [5.74, 6) is -1.29. The number of rotatable bonds is 6. The lowest BCUT2D eigenvalue weighted by molar-refractivity contribution is -0.385. The maximum Gasteiger partial charge on any atom is 0.342 e. The van der Waals surface area contributed by atoms with Crippen LogP contribution in [0.15, 0.2) is 18.2 Å². The summed E-state index contributed by atoms with van der Waals surface area (Å²) >= 11 is 0. The first kappa shape index (κ1) is 15.2. The number of benzene rings is 1. The third-order valence-corrected chi connectivity index (χ3v) is 3.87. The second-order valence-corrected chi connectivity index (χ2v) is 5.10. The third-order valence-electron chi connectivity index (χ3n) is 3.87. The van der Waals surface area contributed by atoms with E-state index >= 15 is 0 Å². The summed E-state index contributed by atoms with van der Waals surface area (Å²) in [6.45, 7) is 4.91. The lowest BCUT2D eigenvalue weighted by Gasteiger charge is -2.23. The average molecular weight is 293 g/mol. The van der Waals surface area contributed by atoms with Gasteiger partial charge in [0, 0.05) is 24.3 Å². The molecular weight excluding hydrogens is 274 g/mol. The van der Waals surface area contributed by atoms with Gasteiger partial charge in [-0.2, -0.15) is 0 Å². The molecule has 7 heteroatoms. The number of aromatic carboxylic acids is 1. The molecule has 0 saturated carbocycles. The van der Waals surface area contributed by atoms with Gasteiger partial charge in [0.05, 0.1) is 4.92 Å². The zero-order valence-corrected chi connectivity index (χ0v) is 11.9. The molecule has 7 nitrogen and oxygen atoms in total. The summed E-state index contributed by atoms with van der Waals surface area (Å²) in [5, 5.41) is 23.0. The Balaban J connectivity index is 2.09. The van der Waals surface area contributed by atoms with Crippen LogP contribution in [0.2, 0.25) is 0 Å². The Morgan fingerprint density at radius 2 is 2.33 bits per heavy atom. The molecule has 114 valence electrons. The van der Waals surface area contributed by atoms with Crippen molar-refractivity contribution in [3.8, 4) is 0 Å². The van der Waals surface area contributed by atoms with Crippen LogP contribution in [0.5, 0.6) is 0 Å². The number of likely N-dealkylation sites (N-methyl/N-ethyl adjacent to an activating group) is 1. The van der Waals surface area contributed by atoms with Crippen molar-refractivity contribution >= 4 is 17.3 Å². The van der Waals surface area contributed by atoms with Gasteiger partial charge in [0.2, 0.25) is 0 Å². The number of anilines is 1. The van der Waals surface area contributed by atoms with Gasteiger partial charge in [0.15, 0.2) is 0 Å². The minimum Gasteiger partial charge on any atom is -0.477 e. The fourth-order valence-electron chi connectivity index (χ4n) is 2.75. The summed E-state index contributed by atoms with van der Waals surface area (Å²) in [4.78, 5) is 23.6. The summed E-state index contributed by atoms with van der Waals surface area (Å²) in [6, 6.07) is 4.54. The van der Waals surface area contributed by atoms with Gasteiger partial charge in [0.25, 0.3) is 5.69 Å². The van der Waals surface area contributed by atoms with Crippen LogP contribution in [0.4, 0.5) is 11.4 Å². The highest BCUT2D eigenvalue weighted by Gasteiger charge is 2.23. The number of hydrogen-bond acceptors (Lipinski definition) is 5. The lowest BCUT2D eigenvalue weighted by atomic mass is 10.1. The first-order valence-corrected chi connectivity index (χ1v) is 7.02. The number of likely N-dealkylation sites (tertiary alicyclic amines) is 1. The van der Waals surface area contributed by atoms with Crippen LogP contribution in [-0.2, 0) is 0 Å². The smallest absolute Gasteiger partial charge is 0.342 e. The third kappa shape index (κ3) is 3.49. The van der Waals surface area contributed by atoms with Gasteiger partial charge in [-0.25, -0.2) is 4.79 Å². The second-order valence-electron chi connectivity index (χ2n) is 5.10. The monoisotopic (exact) mass is 293 g/mol. The van der Waals surface area contributed by atoms with Crippen LogP contribution in [0.25, 0.3) is 0 Å². The first-order valence-electron chi connectivity index (χ1n) is 7.02. The van der Waals surface area contributed by atoms with Gasteiger partial charge in [-0.3, -0.25) is 15.0 Å². The van der Waals surface area contributed by atoms with Crippen LogP contribution in [0.1, 0.15) is 30.1 Å². The van der Waals surface area contributed by atoms with Crippen LogP contribution in [0, 0.1) is 10.1 Å². The highest BCUT2D eigenvalue weighted by Crippen LogP contribution is 2.23. The van der Waals surface area contributed by atoms with E-state index in [9.17, 15) is 14.9 Å². The van der Waals surface area contributed by atoms with E-state index in [0.29, 0.717) is 18.3 Å². The molecule has 1 aliphatic heterocycles. The molecule has 0 aliphatic carbocycles. The van der Waals surface area contributed by atoms with Crippen molar-refractivity contribution in [2.75, 3.05) is 25.0 Å². The molecule has 1 fully saturated rings. The van der Waals surface area contributed by atoms with E-state index in [-0.39, 0.29) is 11.3 Å². The summed E-state index contributed by atoms with van der Waals surface area (Å²) in [6.07, 6.45) is 2.28. The zero-order valence-electron chi connectivity index (χ0n) is 11.9. The first-order chi connectivity index (χ1) is 10.0. The van der Waals surface area contributed by atoms with Gasteiger partial charge < -0.3 is 10.4 Å². The van der Waals surface area contributed by atoms with Crippen LogP contribution in [0.3, 0.4) is 0 Å². The van der Waals surface area contributed by atoms with Gasteiger partial charge in [0.1, 0.15) is 5.56 Å². The Labute approximate surface area is 122 Å². The molecule has 0 aromatic heterocycles. The Hall–Kier alpha value is -2.15. The predicted molar refractivity (Wildman–Crippen MR) is 78.8 cm³/mol. The molecule has 1 aromatic carbocycles. The van der Waals surface area contributed by atoms with E-state index in [2.05, 4.69) is 17.1 Å². The van der Waals surface area contributed by atoms with Crippen LogP contribution >= 0.6 is 0 Å². The number of nitrogens with one attached hydrogen (secondary N) is 1. The van der Waals surface area contributed by atoms with E-state index in [1.54, 1.807) is 6.07 Å². The Kier molecular flexibility index (Phi) is 4.74. The van der Waals surface area contributed by atoms with Crippen molar-refractivity contribution < 1.29 is 14.8 Å². The quantitative estimate of drug-likeness (QED) is 0.616. The molecule has 2 rings (SSSR count). The standard InChI is InChI=1S/C14H19N3O4/c1-2-16-7-3-4-11(16)9-15-10-5-6-13(17(20)21)12(8-10)14(18)19/h5-6,8,11,15H,2-4,7,9H2,1H3,(H,18,19). The van der Waals surface area contributed by atoms with Crippen molar-refractivity contribution in [3.63, 3.8) is 0 Å². The number of carbonyl (C=O) groups is 1. The molecule has 21 heavy (non-hydrogen) atoms. The van der Waals surface area contributed by atoms with Crippen molar-refractivity contribution in [1.82, 2.24) is 4.90 Å². The number of nitro groups is 1. The van der Waals surface area contributed by atoms with Crippen molar-refractivity contribution in [2.24, 2.45) is 0 Å². The Morgan fingerprint density at radius 3 is 2.95 bits per heavy atom. The normalized spacial score (nSPS) is 18.6. The molecule has 1 aromatic rings. The predicted octanol–water partition coefficient (Wildman–Crippen LogP) is 2.19. The fourth-order valence-corrected chi connectivity index (χ4v) is 2.75. The van der Waals surface area contributed by atoms with Crippen LogP contribution < -0.4 is 5.32 Å². The minimum absolute atomic E-state index is 0.288. The van der Waals surface area contributed by atoms with Gasteiger partial charge in [-0.1, -0.05) is 6.92 Å². The molecule has 0 spiro atoms. The summed E-state index contributed by atoms with van der Waals surface area (Å²) in [7, 11) is 0. The highest BCUT2D eigenvalue weighted by molar-refractivity contribution is 5.93. The van der Waals surface area contributed by atoms with Gasteiger partial charge in [-0.15, -0.1) is 0 Å². The number of carboxylic acids is 1. The van der Waals surface area contributed by atoms with Crippen molar-refractivity contribution in [1.29, 1.82) is 0 Å². The molecule has 1 heterocycles. The number of nitro benzene ring substituents is 1. The maximum absolute atomic E-state index is 11.1. The van der Waals surface area contributed by atoms with E-state index in [1.807, 2.05) is 0 Å². The molecule has 0 amide bonds. The Bertz CT molecular complexity index is 547. The minimum atomic E-state index is -1.29. The van der Waals surface area contributed by atoms with Gasteiger partial charge >= 0.3 is 5.97 Å². The SMILES string of the molecule is CCN1CCCC1CNc1ccc([N+](=O)[O-])c(C(=O)O)c1. The van der Waals surface area contributed by atoms with Gasteiger partial charge in [-0.05, 0) is 38.1 Å². The number of nitrogens with zero attached hydrogens (tertiary/aromatic N) is 2. The summed E-state index contributed by atoms with van der Waals surface area (Å²) in [5.41, 5.74) is -0.0752. The molecule has 1 atom stereocenters. The molecule has 0 bridgehead atoms. The topological polar surface area (TPSA) is 95.7 Å². The van der Waals surface area contributed by atoms with E-state index in [0.717, 1.165) is 19.5 Å². The molecular formula is C14H19N3O4. The van der Waals surface area contributed by atoms with E-state index < -0.39 is 10.9 Å². The van der Waals surface area contributed by atoms with Crippen molar-refractivity contribution in [3.05, 3.63) is 33.9 Å². The van der Waals surface area contributed by atoms with E-state index in [4.69, 9.17) is 5.11 Å². The largest absolute Gasteiger partial charge is 0.477 e. The van der Waals surface area contributed by atoms with Crippen LogP contribution in [-0.4, -0.2) is 46.6 Å². The number of hydrogen-bond donors (Lipinski definition) is 2. The second kappa shape index (κ2) is 6.53. The Morgan fingerprint density at radius 1 is 1.57 bits per heavy atom. The highest BCUT2D eigenvalue weighted by atomic mass is 16.6. The molecule has 1 aliphatic rings. The molecule has 1 saturated heterocycles. The number of carboxylic acid groups (broad SMARTS) is 1. The maximum atomic E-state index is 11.1. The van der Waals surface area contributed by atoms with Crippen molar-refractivity contribution in [2.45, 2.75) is 25.8 Å². The average Bonchev–Trinajstić information content (AvgIpc) is 2.92. The zero-order chi connectivity index (χ0) is 15.4. The molecule has 2 N–H and O–H groups in total. The van der Waals surface area contributed by atoms with E-state index in [1.165, 1.54) is 18.6 Å². The lowest BCUT2D eigenvalue weighted by Crippen LogP contribution is -2.34. The molecule has 1 unspecified atom stereocenters. The summed E-state index contributed by atoms with van der Waals surface area (Å²) < 4.78 is 0. The fraction of sp³-hybridized carbons (Fsp3) is 0.500. The molecule has 0 radical (unpaired) electrons.